The summed E-state index contributed by atoms with van der Waals surface area (Å²) in [5.41, 5.74) is 4.43. The lowest BCUT2D eigenvalue weighted by molar-refractivity contribution is -0.385. The van der Waals surface area contributed by atoms with Crippen molar-refractivity contribution in [2.75, 3.05) is 17.2 Å². The van der Waals surface area contributed by atoms with E-state index in [0.717, 1.165) is 11.3 Å². The van der Waals surface area contributed by atoms with Crippen molar-refractivity contribution >= 4 is 23.1 Å². The van der Waals surface area contributed by atoms with Crippen molar-refractivity contribution < 1.29 is 9.72 Å². The Balaban J connectivity index is 2.71. The molecule has 0 aliphatic carbocycles. The van der Waals surface area contributed by atoms with E-state index in [0.29, 0.717) is 18.4 Å². The lowest BCUT2D eigenvalue weighted by Crippen LogP contribution is -2.42. The molecule has 1 heterocycles. The average Bonchev–Trinajstić information content (AvgIpc) is 2.68. The topological polar surface area (TPSA) is 144 Å². The van der Waals surface area contributed by atoms with Crippen LogP contribution >= 0.6 is 0 Å². The Bertz CT molecular complexity index is 1090. The number of aromatic amines is 1. The number of nitro benzene ring substituents is 1. The zero-order chi connectivity index (χ0) is 23.3. The van der Waals surface area contributed by atoms with Crippen LogP contribution < -0.4 is 21.9 Å². The zero-order valence-electron chi connectivity index (χ0n) is 18.3. The lowest BCUT2D eigenvalue weighted by Gasteiger charge is -2.25. The highest BCUT2D eigenvalue weighted by Crippen LogP contribution is 2.27. The minimum Gasteiger partial charge on any atom is -0.383 e. The normalized spacial score (nSPS) is 11.0. The highest BCUT2D eigenvalue weighted by atomic mass is 16.6. The highest BCUT2D eigenvalue weighted by molar-refractivity contribution is 6.10. The molecule has 0 saturated carbocycles. The number of para-hydroxylation sites is 1. The second kappa shape index (κ2) is 10.1. The van der Waals surface area contributed by atoms with Crippen LogP contribution in [0.1, 0.15) is 56.0 Å². The molecule has 0 fully saturated rings. The number of carbonyl (C=O) groups excluding carboxylic acids is 1. The van der Waals surface area contributed by atoms with Crippen molar-refractivity contribution in [3.8, 4) is 0 Å². The molecule has 168 valence electrons. The number of hydrogen-bond acceptors (Lipinski definition) is 6. The highest BCUT2D eigenvalue weighted by Gasteiger charge is 2.30. The molecule has 0 atom stereocenters. The molecule has 0 bridgehead atoms. The number of aromatic nitrogens is 2. The van der Waals surface area contributed by atoms with Gasteiger partial charge in [-0.05, 0) is 31.7 Å². The van der Waals surface area contributed by atoms with E-state index in [4.69, 9.17) is 5.73 Å². The lowest BCUT2D eigenvalue weighted by atomic mass is 10.1. The summed E-state index contributed by atoms with van der Waals surface area (Å²) in [5, 5.41) is 11.6. The Morgan fingerprint density at radius 3 is 2.58 bits per heavy atom. The van der Waals surface area contributed by atoms with Gasteiger partial charge in [0, 0.05) is 18.7 Å². The fourth-order valence-corrected chi connectivity index (χ4v) is 3.30. The maximum absolute atomic E-state index is 13.5. The third-order valence-corrected chi connectivity index (χ3v) is 5.05. The molecule has 0 aliphatic rings. The first-order chi connectivity index (χ1) is 14.6. The molecule has 0 spiro atoms. The van der Waals surface area contributed by atoms with Gasteiger partial charge in [-0.1, -0.05) is 39.3 Å². The van der Waals surface area contributed by atoms with Gasteiger partial charge in [0.15, 0.2) is 5.69 Å². The number of amides is 1. The van der Waals surface area contributed by atoms with Gasteiger partial charge in [-0.15, -0.1) is 0 Å². The minimum absolute atomic E-state index is 0.112. The number of rotatable bonds is 9. The van der Waals surface area contributed by atoms with E-state index in [1.165, 1.54) is 10.6 Å². The number of benzene rings is 1. The number of nitrogens with zero attached hydrogens (tertiary/aromatic N) is 3. The van der Waals surface area contributed by atoms with Crippen LogP contribution in [0.3, 0.4) is 0 Å². The standard InChI is InChI=1S/C21H29N5O5/c1-5-6-11-25-18(22)17(19(27)23-21(25)29)24(12-10-13(2)3)20(28)15-9-7-8-14(4)16(15)26(30)31/h7-9,13H,5-6,10-12,22H2,1-4H3,(H,23,27,29). The zero-order valence-corrected chi connectivity index (χ0v) is 18.3. The van der Waals surface area contributed by atoms with Crippen molar-refractivity contribution in [2.24, 2.45) is 5.92 Å². The predicted molar refractivity (Wildman–Crippen MR) is 120 cm³/mol. The summed E-state index contributed by atoms with van der Waals surface area (Å²) in [6, 6.07) is 4.44. The van der Waals surface area contributed by atoms with Crippen LogP contribution in [0, 0.1) is 23.0 Å². The Hall–Kier alpha value is -3.43. The number of nitrogens with two attached hydrogens (primary N) is 1. The summed E-state index contributed by atoms with van der Waals surface area (Å²) in [7, 11) is 0. The molecular weight excluding hydrogens is 402 g/mol. The van der Waals surface area contributed by atoms with Crippen LogP contribution in [0.25, 0.3) is 0 Å². The molecule has 0 aliphatic heterocycles. The largest absolute Gasteiger partial charge is 0.383 e. The second-order valence-corrected chi connectivity index (χ2v) is 7.87. The first-order valence-corrected chi connectivity index (χ1v) is 10.3. The number of H-pyrrole nitrogens is 1. The number of aryl methyl sites for hydroxylation is 1. The van der Waals surface area contributed by atoms with Crippen LogP contribution in [-0.4, -0.2) is 26.9 Å². The Morgan fingerprint density at radius 1 is 1.32 bits per heavy atom. The van der Waals surface area contributed by atoms with Gasteiger partial charge in [0.2, 0.25) is 0 Å². The Labute approximate surface area is 179 Å². The van der Waals surface area contributed by atoms with E-state index in [1.54, 1.807) is 19.1 Å². The van der Waals surface area contributed by atoms with Crippen LogP contribution in [-0.2, 0) is 6.54 Å². The van der Waals surface area contributed by atoms with Crippen molar-refractivity contribution in [1.82, 2.24) is 9.55 Å². The van der Waals surface area contributed by atoms with Gasteiger partial charge in [-0.3, -0.25) is 29.3 Å². The molecule has 10 heteroatoms. The molecule has 31 heavy (non-hydrogen) atoms. The third-order valence-electron chi connectivity index (χ3n) is 5.05. The van der Waals surface area contributed by atoms with Gasteiger partial charge in [0.25, 0.3) is 17.2 Å². The number of nitrogen functional groups attached to an aromatic ring is 1. The summed E-state index contributed by atoms with van der Waals surface area (Å²) < 4.78 is 1.22. The summed E-state index contributed by atoms with van der Waals surface area (Å²) in [4.78, 5) is 52.8. The molecule has 1 amide bonds. The molecule has 10 nitrogen and oxygen atoms in total. The second-order valence-electron chi connectivity index (χ2n) is 7.87. The van der Waals surface area contributed by atoms with Crippen LogP contribution in [0.15, 0.2) is 27.8 Å². The molecule has 1 aromatic heterocycles. The van der Waals surface area contributed by atoms with E-state index < -0.39 is 22.1 Å². The third kappa shape index (κ3) is 5.19. The molecular formula is C21H29N5O5. The molecule has 2 aromatic rings. The maximum Gasteiger partial charge on any atom is 0.330 e. The number of carbonyl (C=O) groups is 1. The minimum atomic E-state index is -0.803. The predicted octanol–water partition coefficient (Wildman–Crippen LogP) is 2.83. The SMILES string of the molecule is CCCCn1c(N)c(N(CCC(C)C)C(=O)c2cccc(C)c2[N+](=O)[O-])c(=O)[nH]c1=O. The first-order valence-electron chi connectivity index (χ1n) is 10.3. The molecule has 0 unspecified atom stereocenters. The smallest absolute Gasteiger partial charge is 0.330 e. The number of unbranched alkanes of at least 4 members (excludes halogenated alkanes) is 1. The van der Waals surface area contributed by atoms with E-state index in [2.05, 4.69) is 4.98 Å². The van der Waals surface area contributed by atoms with Crippen molar-refractivity contribution in [3.05, 3.63) is 60.3 Å². The fourth-order valence-electron chi connectivity index (χ4n) is 3.30. The van der Waals surface area contributed by atoms with Gasteiger partial charge in [0.05, 0.1) is 4.92 Å². The van der Waals surface area contributed by atoms with Crippen molar-refractivity contribution in [2.45, 2.75) is 53.5 Å². The van der Waals surface area contributed by atoms with Gasteiger partial charge < -0.3 is 10.6 Å². The van der Waals surface area contributed by atoms with E-state index in [1.807, 2.05) is 20.8 Å². The van der Waals surface area contributed by atoms with Crippen molar-refractivity contribution in [3.63, 3.8) is 0 Å². The van der Waals surface area contributed by atoms with Crippen LogP contribution in [0.2, 0.25) is 0 Å². The van der Waals surface area contributed by atoms with Gasteiger partial charge >= 0.3 is 5.69 Å². The molecule has 0 radical (unpaired) electrons. The van der Waals surface area contributed by atoms with E-state index >= 15 is 0 Å². The number of anilines is 2. The summed E-state index contributed by atoms with van der Waals surface area (Å²) in [5.74, 6) is -0.655. The van der Waals surface area contributed by atoms with E-state index in [9.17, 15) is 24.5 Å². The first kappa shape index (κ1) is 23.8. The van der Waals surface area contributed by atoms with Crippen LogP contribution in [0.5, 0.6) is 0 Å². The van der Waals surface area contributed by atoms with Gasteiger partial charge in [0.1, 0.15) is 11.4 Å². The summed E-state index contributed by atoms with van der Waals surface area (Å²) in [6.45, 7) is 7.78. The van der Waals surface area contributed by atoms with Crippen molar-refractivity contribution in [1.29, 1.82) is 0 Å². The molecule has 2 rings (SSSR count). The molecule has 3 N–H and O–H groups in total. The molecule has 1 aromatic carbocycles. The monoisotopic (exact) mass is 431 g/mol. The summed E-state index contributed by atoms with van der Waals surface area (Å²) >= 11 is 0. The number of nitrogens with one attached hydrogen (secondary N) is 1. The number of hydrogen-bond donors (Lipinski definition) is 2. The average molecular weight is 431 g/mol. The van der Waals surface area contributed by atoms with Crippen LogP contribution in [0.4, 0.5) is 17.2 Å². The molecule has 0 saturated heterocycles. The van der Waals surface area contributed by atoms with Gasteiger partial charge in [-0.2, -0.15) is 0 Å². The quantitative estimate of drug-likeness (QED) is 0.461. The maximum atomic E-state index is 13.5. The number of nitro groups is 1. The van der Waals surface area contributed by atoms with Gasteiger partial charge in [-0.25, -0.2) is 4.79 Å². The Kier molecular flexibility index (Phi) is 7.73. The summed E-state index contributed by atoms with van der Waals surface area (Å²) in [6.07, 6.45) is 1.98. The van der Waals surface area contributed by atoms with E-state index in [-0.39, 0.29) is 41.8 Å². The fraction of sp³-hybridized carbons (Fsp3) is 0.476. The Morgan fingerprint density at radius 2 is 2.00 bits per heavy atom.